The highest BCUT2D eigenvalue weighted by atomic mass is 35.5. The molecular formula is C14H17Cl2NO3. The van der Waals surface area contributed by atoms with E-state index in [1.54, 1.807) is 30.0 Å². The van der Waals surface area contributed by atoms with Gasteiger partial charge in [-0.15, -0.1) is 0 Å². The van der Waals surface area contributed by atoms with Crippen LogP contribution in [-0.2, 0) is 16.0 Å². The number of carboxylic acid groups (broad SMARTS) is 1. The highest BCUT2D eigenvalue weighted by Gasteiger charge is 2.21. The summed E-state index contributed by atoms with van der Waals surface area (Å²) in [4.78, 5) is 24.5. The summed E-state index contributed by atoms with van der Waals surface area (Å²) < 4.78 is 0. The third-order valence-corrected chi connectivity index (χ3v) is 3.61. The Bertz CT molecular complexity index is 505. The van der Waals surface area contributed by atoms with Gasteiger partial charge in [-0.1, -0.05) is 29.3 Å². The lowest BCUT2D eigenvalue weighted by Crippen LogP contribution is -2.40. The summed E-state index contributed by atoms with van der Waals surface area (Å²) in [6, 6.07) is 4.62. The van der Waals surface area contributed by atoms with Gasteiger partial charge in [0.15, 0.2) is 0 Å². The molecule has 0 aliphatic rings. The SMILES string of the molecule is CCN(C(=O)Cc1ccc(Cl)cc1Cl)C(C)CC(=O)O. The maximum absolute atomic E-state index is 12.2. The third kappa shape index (κ3) is 4.69. The highest BCUT2D eigenvalue weighted by Crippen LogP contribution is 2.22. The van der Waals surface area contributed by atoms with E-state index in [-0.39, 0.29) is 24.8 Å². The van der Waals surface area contributed by atoms with Gasteiger partial charge in [0.1, 0.15) is 0 Å². The van der Waals surface area contributed by atoms with Gasteiger partial charge in [0.2, 0.25) is 5.91 Å². The molecule has 20 heavy (non-hydrogen) atoms. The number of hydrogen-bond acceptors (Lipinski definition) is 2. The fraction of sp³-hybridized carbons (Fsp3) is 0.429. The number of carboxylic acids is 1. The molecule has 0 spiro atoms. The molecule has 1 aromatic carbocycles. The summed E-state index contributed by atoms with van der Waals surface area (Å²) in [5.74, 6) is -1.07. The largest absolute Gasteiger partial charge is 0.481 e. The molecule has 1 aromatic rings. The average Bonchev–Trinajstić information content (AvgIpc) is 2.32. The van der Waals surface area contributed by atoms with E-state index >= 15 is 0 Å². The van der Waals surface area contributed by atoms with Gasteiger partial charge < -0.3 is 10.0 Å². The molecule has 6 heteroatoms. The molecule has 0 saturated heterocycles. The van der Waals surface area contributed by atoms with E-state index in [0.29, 0.717) is 22.2 Å². The van der Waals surface area contributed by atoms with Crippen LogP contribution in [0.2, 0.25) is 10.0 Å². The van der Waals surface area contributed by atoms with Crippen LogP contribution in [-0.4, -0.2) is 34.5 Å². The molecule has 110 valence electrons. The number of carbonyl (C=O) groups is 2. The fourth-order valence-electron chi connectivity index (χ4n) is 2.03. The van der Waals surface area contributed by atoms with Gasteiger partial charge in [-0.25, -0.2) is 0 Å². The minimum absolute atomic E-state index is 0.0755. The lowest BCUT2D eigenvalue weighted by atomic mass is 10.1. The molecule has 1 atom stereocenters. The minimum Gasteiger partial charge on any atom is -0.481 e. The molecule has 1 N–H and O–H groups in total. The Hall–Kier alpha value is -1.26. The normalized spacial score (nSPS) is 12.0. The molecule has 1 rings (SSSR count). The summed E-state index contributed by atoms with van der Waals surface area (Å²) in [7, 11) is 0. The van der Waals surface area contributed by atoms with Gasteiger partial charge in [0, 0.05) is 22.6 Å². The van der Waals surface area contributed by atoms with Crippen molar-refractivity contribution < 1.29 is 14.7 Å². The first-order chi connectivity index (χ1) is 9.35. The molecule has 1 amide bonds. The Balaban J connectivity index is 2.79. The van der Waals surface area contributed by atoms with Crippen LogP contribution in [0.4, 0.5) is 0 Å². The number of carbonyl (C=O) groups excluding carboxylic acids is 1. The maximum Gasteiger partial charge on any atom is 0.305 e. The second-order valence-corrected chi connectivity index (χ2v) is 5.38. The van der Waals surface area contributed by atoms with Crippen LogP contribution < -0.4 is 0 Å². The number of benzene rings is 1. The molecule has 0 radical (unpaired) electrons. The second kappa shape index (κ2) is 7.50. The molecule has 0 aliphatic carbocycles. The number of likely N-dealkylation sites (N-methyl/N-ethyl adjacent to an activating group) is 1. The number of amides is 1. The molecule has 1 unspecified atom stereocenters. The van der Waals surface area contributed by atoms with Crippen molar-refractivity contribution >= 4 is 35.1 Å². The predicted octanol–water partition coefficient (Wildman–Crippen LogP) is 3.25. The number of halogens is 2. The van der Waals surface area contributed by atoms with Crippen molar-refractivity contribution in [2.45, 2.75) is 32.7 Å². The molecule has 0 fully saturated rings. The Morgan fingerprint density at radius 3 is 2.50 bits per heavy atom. The number of aliphatic carboxylic acids is 1. The highest BCUT2D eigenvalue weighted by molar-refractivity contribution is 6.35. The van der Waals surface area contributed by atoms with E-state index in [2.05, 4.69) is 0 Å². The van der Waals surface area contributed by atoms with Crippen molar-refractivity contribution in [3.8, 4) is 0 Å². The van der Waals surface area contributed by atoms with Crippen molar-refractivity contribution in [2.75, 3.05) is 6.54 Å². The van der Waals surface area contributed by atoms with E-state index < -0.39 is 5.97 Å². The van der Waals surface area contributed by atoms with Crippen LogP contribution in [0, 0.1) is 0 Å². The monoisotopic (exact) mass is 317 g/mol. The lowest BCUT2D eigenvalue weighted by molar-refractivity contribution is -0.140. The van der Waals surface area contributed by atoms with Gasteiger partial charge in [-0.2, -0.15) is 0 Å². The fourth-order valence-corrected chi connectivity index (χ4v) is 2.50. The molecule has 0 aliphatic heterocycles. The van der Waals surface area contributed by atoms with Crippen LogP contribution in [0.3, 0.4) is 0 Å². The molecule has 0 aromatic heterocycles. The van der Waals surface area contributed by atoms with E-state index in [9.17, 15) is 9.59 Å². The van der Waals surface area contributed by atoms with Crippen LogP contribution in [0.15, 0.2) is 18.2 Å². The molecule has 0 heterocycles. The maximum atomic E-state index is 12.2. The third-order valence-electron chi connectivity index (χ3n) is 3.02. The van der Waals surface area contributed by atoms with E-state index in [4.69, 9.17) is 28.3 Å². The van der Waals surface area contributed by atoms with Gasteiger partial charge in [0.25, 0.3) is 0 Å². The zero-order valence-corrected chi connectivity index (χ0v) is 12.9. The summed E-state index contributed by atoms with van der Waals surface area (Å²) in [6.45, 7) is 4.00. The molecule has 0 saturated carbocycles. The zero-order chi connectivity index (χ0) is 15.3. The van der Waals surface area contributed by atoms with Crippen molar-refractivity contribution in [1.82, 2.24) is 4.90 Å². The van der Waals surface area contributed by atoms with Gasteiger partial charge in [0.05, 0.1) is 12.8 Å². The van der Waals surface area contributed by atoms with Crippen molar-refractivity contribution in [1.29, 1.82) is 0 Å². The molecular weight excluding hydrogens is 301 g/mol. The van der Waals surface area contributed by atoms with E-state index in [0.717, 1.165) is 0 Å². The van der Waals surface area contributed by atoms with Crippen LogP contribution in [0.5, 0.6) is 0 Å². The molecule has 0 bridgehead atoms. The minimum atomic E-state index is -0.923. The summed E-state index contributed by atoms with van der Waals surface area (Å²) >= 11 is 11.8. The van der Waals surface area contributed by atoms with E-state index in [1.165, 1.54) is 0 Å². The first kappa shape index (κ1) is 16.8. The van der Waals surface area contributed by atoms with Crippen LogP contribution in [0.1, 0.15) is 25.8 Å². The van der Waals surface area contributed by atoms with Crippen molar-refractivity contribution in [3.05, 3.63) is 33.8 Å². The van der Waals surface area contributed by atoms with Gasteiger partial charge >= 0.3 is 5.97 Å². The van der Waals surface area contributed by atoms with E-state index in [1.807, 2.05) is 6.92 Å². The number of nitrogens with zero attached hydrogens (tertiary/aromatic N) is 1. The summed E-state index contributed by atoms with van der Waals surface area (Å²) in [6.07, 6.45) is 0.0573. The zero-order valence-electron chi connectivity index (χ0n) is 11.4. The topological polar surface area (TPSA) is 57.6 Å². The lowest BCUT2D eigenvalue weighted by Gasteiger charge is -2.27. The van der Waals surface area contributed by atoms with Gasteiger partial charge in [-0.05, 0) is 31.5 Å². The van der Waals surface area contributed by atoms with Gasteiger partial charge in [-0.3, -0.25) is 9.59 Å². The summed E-state index contributed by atoms with van der Waals surface area (Å²) in [5.41, 5.74) is 0.682. The Labute approximate surface area is 128 Å². The number of hydrogen-bond donors (Lipinski definition) is 1. The first-order valence-corrected chi connectivity index (χ1v) is 7.06. The summed E-state index contributed by atoms with van der Waals surface area (Å²) in [5, 5.41) is 9.75. The second-order valence-electron chi connectivity index (χ2n) is 4.54. The molecule has 4 nitrogen and oxygen atoms in total. The smallest absolute Gasteiger partial charge is 0.305 e. The van der Waals surface area contributed by atoms with Crippen molar-refractivity contribution in [3.63, 3.8) is 0 Å². The Morgan fingerprint density at radius 1 is 1.35 bits per heavy atom. The predicted molar refractivity (Wildman–Crippen MR) is 79.3 cm³/mol. The van der Waals surface area contributed by atoms with Crippen molar-refractivity contribution in [2.24, 2.45) is 0 Å². The quantitative estimate of drug-likeness (QED) is 0.876. The van der Waals surface area contributed by atoms with Crippen LogP contribution in [0.25, 0.3) is 0 Å². The number of rotatable bonds is 6. The Kier molecular flexibility index (Phi) is 6.30. The Morgan fingerprint density at radius 2 is 2.00 bits per heavy atom. The standard InChI is InChI=1S/C14H17Cl2NO3/c1-3-17(9(2)6-14(19)20)13(18)7-10-4-5-11(15)8-12(10)16/h4-5,8-9H,3,6-7H2,1-2H3,(H,19,20). The first-order valence-electron chi connectivity index (χ1n) is 6.30. The average molecular weight is 318 g/mol. The van der Waals surface area contributed by atoms with Crippen LogP contribution >= 0.6 is 23.2 Å².